The number of anilines is 1. The minimum atomic E-state index is -0.127. The molecule has 0 aliphatic heterocycles. The van der Waals surface area contributed by atoms with Crippen molar-refractivity contribution in [3.8, 4) is 5.69 Å². The first-order valence-electron chi connectivity index (χ1n) is 10.1. The Morgan fingerprint density at radius 2 is 1.94 bits per heavy atom. The van der Waals surface area contributed by atoms with Gasteiger partial charge >= 0.3 is 0 Å². The van der Waals surface area contributed by atoms with Gasteiger partial charge in [-0.1, -0.05) is 49.0 Å². The van der Waals surface area contributed by atoms with Crippen LogP contribution in [-0.2, 0) is 11.2 Å². The largest absolute Gasteiger partial charge is 0.325 e. The second-order valence-electron chi connectivity index (χ2n) is 7.24. The molecule has 2 aromatic heterocycles. The molecule has 0 aliphatic rings. The number of nitrogens with zero attached hydrogens (tertiary/aromatic N) is 2. The van der Waals surface area contributed by atoms with E-state index in [2.05, 4.69) is 12.2 Å². The average Bonchev–Trinajstić information content (AvgIpc) is 3.24. The molecule has 158 valence electrons. The molecule has 5 nitrogen and oxygen atoms in total. The van der Waals surface area contributed by atoms with Crippen molar-refractivity contribution in [3.63, 3.8) is 0 Å². The number of aryl methyl sites for hydroxylation is 2. The fourth-order valence-electron chi connectivity index (χ4n) is 3.45. The molecular formula is C24H23N3O2S2. The molecule has 0 saturated heterocycles. The van der Waals surface area contributed by atoms with Crippen LogP contribution in [0.3, 0.4) is 0 Å². The lowest BCUT2D eigenvalue weighted by Crippen LogP contribution is -2.23. The third-order valence-corrected chi connectivity index (χ3v) is 7.10. The predicted molar refractivity (Wildman–Crippen MR) is 130 cm³/mol. The second-order valence-corrected chi connectivity index (χ2v) is 9.10. The summed E-state index contributed by atoms with van der Waals surface area (Å²) in [5.41, 5.74) is 5.39. The molecule has 0 atom stereocenters. The van der Waals surface area contributed by atoms with Gasteiger partial charge < -0.3 is 5.32 Å². The first-order chi connectivity index (χ1) is 15.0. The molecule has 0 unspecified atom stereocenters. The van der Waals surface area contributed by atoms with Gasteiger partial charge in [-0.15, -0.1) is 11.3 Å². The summed E-state index contributed by atoms with van der Waals surface area (Å²) in [4.78, 5) is 30.7. The zero-order valence-electron chi connectivity index (χ0n) is 17.6. The zero-order chi connectivity index (χ0) is 22.0. The lowest BCUT2D eigenvalue weighted by Gasteiger charge is -2.15. The van der Waals surface area contributed by atoms with Crippen LogP contribution in [0.5, 0.6) is 0 Å². The molecule has 4 aromatic rings. The molecule has 0 aliphatic carbocycles. The Bertz CT molecular complexity index is 1320. The number of carbonyl (C=O) groups excluding carboxylic acids is 1. The minimum Gasteiger partial charge on any atom is -0.325 e. The van der Waals surface area contributed by atoms with Crippen LogP contribution in [0.2, 0.25) is 0 Å². The zero-order valence-corrected chi connectivity index (χ0v) is 19.3. The highest BCUT2D eigenvalue weighted by Gasteiger charge is 2.17. The number of hydrogen-bond donors (Lipinski definition) is 1. The van der Waals surface area contributed by atoms with Crippen LogP contribution in [-0.4, -0.2) is 21.2 Å². The van der Waals surface area contributed by atoms with Crippen molar-refractivity contribution in [2.75, 3.05) is 11.1 Å². The summed E-state index contributed by atoms with van der Waals surface area (Å²) in [6.45, 7) is 6.08. The van der Waals surface area contributed by atoms with E-state index in [4.69, 9.17) is 4.98 Å². The van der Waals surface area contributed by atoms with Crippen LogP contribution < -0.4 is 10.9 Å². The third-order valence-electron chi connectivity index (χ3n) is 5.27. The Labute approximate surface area is 189 Å². The van der Waals surface area contributed by atoms with E-state index in [0.717, 1.165) is 34.5 Å². The summed E-state index contributed by atoms with van der Waals surface area (Å²) in [5.74, 6) is 0.0310. The third kappa shape index (κ3) is 4.29. The number of hydrogen-bond acceptors (Lipinski definition) is 5. The Morgan fingerprint density at radius 3 is 2.74 bits per heavy atom. The Morgan fingerprint density at radius 1 is 1.13 bits per heavy atom. The van der Waals surface area contributed by atoms with E-state index in [1.165, 1.54) is 23.1 Å². The summed E-state index contributed by atoms with van der Waals surface area (Å²) in [5, 5.41) is 5.37. The Kier molecular flexibility index (Phi) is 6.25. The van der Waals surface area contributed by atoms with Crippen LogP contribution in [0.25, 0.3) is 15.9 Å². The maximum atomic E-state index is 13.3. The second kappa shape index (κ2) is 9.08. The van der Waals surface area contributed by atoms with Crippen molar-refractivity contribution in [2.45, 2.75) is 32.3 Å². The number of para-hydroxylation sites is 1. The van der Waals surface area contributed by atoms with E-state index in [1.54, 1.807) is 4.57 Å². The van der Waals surface area contributed by atoms with Gasteiger partial charge in [0.2, 0.25) is 5.91 Å². The molecule has 2 aromatic carbocycles. The molecular weight excluding hydrogens is 426 g/mol. The summed E-state index contributed by atoms with van der Waals surface area (Å²) in [6, 6.07) is 15.5. The molecule has 2 heterocycles. The van der Waals surface area contributed by atoms with Crippen LogP contribution in [0.1, 0.15) is 23.6 Å². The van der Waals surface area contributed by atoms with E-state index in [9.17, 15) is 9.59 Å². The first kappa shape index (κ1) is 21.3. The topological polar surface area (TPSA) is 64.0 Å². The SMILES string of the molecule is CCc1ccccc1NC(=O)CSc1nc2ccsc2c(=O)n1-c1cccc(C)c1C. The molecule has 7 heteroatoms. The highest BCUT2D eigenvalue weighted by molar-refractivity contribution is 7.99. The lowest BCUT2D eigenvalue weighted by molar-refractivity contribution is -0.113. The van der Waals surface area contributed by atoms with Gasteiger partial charge in [0.25, 0.3) is 5.56 Å². The van der Waals surface area contributed by atoms with Gasteiger partial charge in [0.1, 0.15) is 4.70 Å². The van der Waals surface area contributed by atoms with Gasteiger partial charge in [0.05, 0.1) is 17.0 Å². The van der Waals surface area contributed by atoms with E-state index >= 15 is 0 Å². The highest BCUT2D eigenvalue weighted by Crippen LogP contribution is 2.26. The van der Waals surface area contributed by atoms with Gasteiger partial charge in [-0.25, -0.2) is 4.98 Å². The van der Waals surface area contributed by atoms with Crippen molar-refractivity contribution >= 4 is 44.9 Å². The van der Waals surface area contributed by atoms with Crippen molar-refractivity contribution in [1.29, 1.82) is 0 Å². The molecule has 31 heavy (non-hydrogen) atoms. The number of aromatic nitrogens is 2. The van der Waals surface area contributed by atoms with Crippen LogP contribution >= 0.6 is 23.1 Å². The first-order valence-corrected chi connectivity index (χ1v) is 11.9. The predicted octanol–water partition coefficient (Wildman–Crippen LogP) is 5.36. The molecule has 0 radical (unpaired) electrons. The van der Waals surface area contributed by atoms with Crippen molar-refractivity contribution < 1.29 is 4.79 Å². The molecule has 0 saturated carbocycles. The van der Waals surface area contributed by atoms with E-state index in [0.29, 0.717) is 15.4 Å². The summed E-state index contributed by atoms with van der Waals surface area (Å²) in [7, 11) is 0. The number of thiophene rings is 1. The number of benzene rings is 2. The van der Waals surface area contributed by atoms with Crippen LogP contribution in [0.15, 0.2) is 63.9 Å². The molecule has 1 amide bonds. The van der Waals surface area contributed by atoms with Crippen molar-refractivity contribution in [1.82, 2.24) is 9.55 Å². The van der Waals surface area contributed by atoms with Gasteiger partial charge in [-0.3, -0.25) is 14.2 Å². The fraction of sp³-hybridized carbons (Fsp3) is 0.208. The molecule has 0 bridgehead atoms. The molecule has 0 fully saturated rings. The fourth-order valence-corrected chi connectivity index (χ4v) is 5.01. The number of fused-ring (bicyclic) bond motifs is 1. The van der Waals surface area contributed by atoms with Crippen LogP contribution in [0, 0.1) is 13.8 Å². The number of amides is 1. The standard InChI is InChI=1S/C24H23N3O2S2/c1-4-17-9-5-6-10-18(17)25-21(28)14-31-24-26-19-12-13-30-22(19)23(29)27(24)20-11-7-8-15(2)16(20)3/h5-13H,4,14H2,1-3H3,(H,25,28). The maximum absolute atomic E-state index is 13.3. The van der Waals surface area contributed by atoms with E-state index in [-0.39, 0.29) is 17.2 Å². The summed E-state index contributed by atoms with van der Waals surface area (Å²) < 4.78 is 2.26. The molecule has 1 N–H and O–H groups in total. The Balaban J connectivity index is 1.68. The van der Waals surface area contributed by atoms with Gasteiger partial charge in [-0.05, 0) is 60.5 Å². The van der Waals surface area contributed by atoms with Crippen molar-refractivity contribution in [3.05, 3.63) is 81.0 Å². The average molecular weight is 450 g/mol. The number of rotatable bonds is 6. The highest BCUT2D eigenvalue weighted by atomic mass is 32.2. The van der Waals surface area contributed by atoms with Crippen LogP contribution in [0.4, 0.5) is 5.69 Å². The minimum absolute atomic E-state index is 0.104. The maximum Gasteiger partial charge on any atom is 0.276 e. The van der Waals surface area contributed by atoms with E-state index in [1.807, 2.05) is 67.8 Å². The number of carbonyl (C=O) groups is 1. The normalized spacial score (nSPS) is 11.1. The van der Waals surface area contributed by atoms with Crippen molar-refractivity contribution in [2.24, 2.45) is 0 Å². The quantitative estimate of drug-likeness (QED) is 0.318. The van der Waals surface area contributed by atoms with E-state index < -0.39 is 0 Å². The number of nitrogens with one attached hydrogen (secondary N) is 1. The Hall–Kier alpha value is -2.90. The molecule has 4 rings (SSSR count). The van der Waals surface area contributed by atoms with Gasteiger partial charge in [0.15, 0.2) is 5.16 Å². The van der Waals surface area contributed by atoms with Gasteiger partial charge in [-0.2, -0.15) is 0 Å². The molecule has 0 spiro atoms. The van der Waals surface area contributed by atoms with Gasteiger partial charge in [0, 0.05) is 5.69 Å². The smallest absolute Gasteiger partial charge is 0.276 e. The summed E-state index contributed by atoms with van der Waals surface area (Å²) >= 11 is 2.66. The summed E-state index contributed by atoms with van der Waals surface area (Å²) in [6.07, 6.45) is 0.839. The lowest BCUT2D eigenvalue weighted by atomic mass is 10.1. The monoisotopic (exact) mass is 449 g/mol. The number of thioether (sulfide) groups is 1.